The second kappa shape index (κ2) is 13.8. The smallest absolute Gasteiger partial charge is 0.328 e. The molecule has 1 unspecified atom stereocenters. The van der Waals surface area contributed by atoms with Crippen molar-refractivity contribution in [2.24, 2.45) is 4.99 Å². The molecule has 17 heteroatoms. The lowest BCUT2D eigenvalue weighted by Crippen LogP contribution is -2.60. The van der Waals surface area contributed by atoms with Crippen molar-refractivity contribution in [2.75, 3.05) is 11.5 Å². The molecule has 0 radical (unpaired) electrons. The number of anilines is 1. The van der Waals surface area contributed by atoms with E-state index in [1.54, 1.807) is 12.2 Å². The van der Waals surface area contributed by atoms with Gasteiger partial charge in [-0.05, 0) is 36.3 Å². The van der Waals surface area contributed by atoms with Crippen LogP contribution in [0.3, 0.4) is 0 Å². The topological polar surface area (TPSA) is 273 Å². The van der Waals surface area contributed by atoms with Gasteiger partial charge in [0.1, 0.15) is 37.1 Å². The molecule has 1 aromatic rings. The molecule has 46 heavy (non-hydrogen) atoms. The number of benzene rings is 1. The van der Waals surface area contributed by atoms with Gasteiger partial charge in [0, 0.05) is 37.0 Å². The number of carboxylic acid groups (broad SMARTS) is 3. The highest BCUT2D eigenvalue weighted by molar-refractivity contribution is 5.85. The van der Waals surface area contributed by atoms with Crippen molar-refractivity contribution >= 4 is 35.8 Å². The number of nitrogens with zero attached hydrogens (tertiary/aromatic N) is 2. The number of phenolic OH excluding ortho intramolecular Hbond substituents is 1. The van der Waals surface area contributed by atoms with E-state index in [2.05, 4.69) is 4.99 Å². The van der Waals surface area contributed by atoms with E-state index in [1.165, 1.54) is 29.4 Å². The molecule has 17 nitrogen and oxygen atoms in total. The number of esters is 1. The number of dihydropyridines is 1. The van der Waals surface area contributed by atoms with Crippen LogP contribution in [-0.2, 0) is 35.1 Å². The number of aliphatic hydroxyl groups excluding tert-OH is 3. The van der Waals surface area contributed by atoms with Crippen molar-refractivity contribution in [1.29, 1.82) is 0 Å². The SMILES string of the molecule is CC(O)(CC(=O)O)CC(=O)OC[C@H]1O[C@@H](Oc2cc3c(cc2O)N(/C=C/C2=CC=N[C@H](C(=O)O)C2)[C@H](C(=O)O)C3)[C@H](O)[C@@H](O)[C@@H]1O. The van der Waals surface area contributed by atoms with E-state index >= 15 is 0 Å². The number of allylic oxidation sites excluding steroid dienone is 2. The van der Waals surface area contributed by atoms with E-state index in [9.17, 15) is 54.9 Å². The summed E-state index contributed by atoms with van der Waals surface area (Å²) in [6.07, 6.45) is -4.07. The summed E-state index contributed by atoms with van der Waals surface area (Å²) >= 11 is 0. The molecular weight excluding hydrogens is 616 g/mol. The van der Waals surface area contributed by atoms with Crippen molar-refractivity contribution in [3.8, 4) is 11.5 Å². The van der Waals surface area contributed by atoms with Crippen molar-refractivity contribution in [2.45, 2.75) is 81.0 Å². The van der Waals surface area contributed by atoms with Gasteiger partial charge in [0.05, 0.1) is 18.4 Å². The summed E-state index contributed by atoms with van der Waals surface area (Å²) in [5.74, 6) is -5.43. The number of hydrogen-bond acceptors (Lipinski definition) is 14. The lowest BCUT2D eigenvalue weighted by atomic mass is 9.98. The Balaban J connectivity index is 1.47. The summed E-state index contributed by atoms with van der Waals surface area (Å²) in [6.45, 7) is 0.440. The number of fused-ring (bicyclic) bond motifs is 1. The van der Waals surface area contributed by atoms with Crippen LogP contribution in [0.4, 0.5) is 5.69 Å². The molecule has 8 atom stereocenters. The number of carbonyl (C=O) groups excluding carboxylic acids is 1. The molecule has 3 aliphatic rings. The Hall–Kier alpha value is -4.55. The average Bonchev–Trinajstić information content (AvgIpc) is 3.32. The zero-order valence-corrected chi connectivity index (χ0v) is 24.4. The molecule has 0 aromatic heterocycles. The minimum absolute atomic E-state index is 0.0381. The van der Waals surface area contributed by atoms with Gasteiger partial charge in [0.25, 0.3) is 0 Å². The minimum atomic E-state index is -1.92. The fraction of sp³-hybridized carbons (Fsp3) is 0.483. The molecule has 250 valence electrons. The van der Waals surface area contributed by atoms with Crippen LogP contribution in [0.25, 0.3) is 0 Å². The Labute approximate surface area is 260 Å². The highest BCUT2D eigenvalue weighted by Crippen LogP contribution is 2.42. The molecule has 0 bridgehead atoms. The predicted octanol–water partition coefficient (Wildman–Crippen LogP) is -1.08. The maximum Gasteiger partial charge on any atom is 0.328 e. The largest absolute Gasteiger partial charge is 0.504 e. The van der Waals surface area contributed by atoms with E-state index in [-0.39, 0.29) is 18.6 Å². The quantitative estimate of drug-likeness (QED) is 0.125. The summed E-state index contributed by atoms with van der Waals surface area (Å²) in [5, 5.41) is 80.0. The van der Waals surface area contributed by atoms with Gasteiger partial charge in [-0.3, -0.25) is 14.6 Å². The van der Waals surface area contributed by atoms with E-state index < -0.39 is 97.5 Å². The number of ether oxygens (including phenoxy) is 3. The number of aliphatic hydroxyl groups is 4. The Kier molecular flexibility index (Phi) is 10.3. The summed E-state index contributed by atoms with van der Waals surface area (Å²) in [4.78, 5) is 51.7. The second-order valence-electron chi connectivity index (χ2n) is 11.4. The van der Waals surface area contributed by atoms with Crippen molar-refractivity contribution in [1.82, 2.24) is 0 Å². The van der Waals surface area contributed by atoms with Gasteiger partial charge < -0.3 is 60.0 Å². The normalized spacial score (nSPS) is 28.7. The van der Waals surface area contributed by atoms with Gasteiger partial charge in [-0.25, -0.2) is 9.59 Å². The molecule has 0 amide bonds. The summed E-state index contributed by atoms with van der Waals surface area (Å²) in [6, 6.07) is 0.461. The first-order valence-electron chi connectivity index (χ1n) is 14.0. The monoisotopic (exact) mass is 650 g/mol. The van der Waals surface area contributed by atoms with Gasteiger partial charge in [0.15, 0.2) is 17.5 Å². The molecule has 3 heterocycles. The van der Waals surface area contributed by atoms with Crippen LogP contribution < -0.4 is 9.64 Å². The number of phenols is 1. The number of carboxylic acids is 3. The third-order valence-electron chi connectivity index (χ3n) is 7.57. The molecule has 4 rings (SSSR count). The molecule has 0 aliphatic carbocycles. The van der Waals surface area contributed by atoms with Gasteiger partial charge in [-0.1, -0.05) is 0 Å². The first kappa shape index (κ1) is 34.3. The van der Waals surface area contributed by atoms with E-state index in [1.807, 2.05) is 0 Å². The number of hydrogen-bond donors (Lipinski definition) is 8. The van der Waals surface area contributed by atoms with Crippen molar-refractivity contribution in [3.05, 3.63) is 41.6 Å². The van der Waals surface area contributed by atoms with Crippen LogP contribution in [0.5, 0.6) is 11.5 Å². The number of aliphatic imine (C=N–C) groups is 1. The van der Waals surface area contributed by atoms with E-state index in [4.69, 9.17) is 19.3 Å². The zero-order valence-electron chi connectivity index (χ0n) is 24.4. The number of aliphatic carboxylic acids is 3. The fourth-order valence-corrected chi connectivity index (χ4v) is 5.20. The molecule has 0 spiro atoms. The summed E-state index contributed by atoms with van der Waals surface area (Å²) in [7, 11) is 0. The maximum absolute atomic E-state index is 12.2. The summed E-state index contributed by atoms with van der Waals surface area (Å²) < 4.78 is 16.1. The minimum Gasteiger partial charge on any atom is -0.504 e. The third-order valence-corrected chi connectivity index (χ3v) is 7.57. The summed E-state index contributed by atoms with van der Waals surface area (Å²) in [5.41, 5.74) is -0.619. The Morgan fingerprint density at radius 1 is 1.04 bits per heavy atom. The average molecular weight is 651 g/mol. The Bertz CT molecular complexity index is 1450. The van der Waals surface area contributed by atoms with Gasteiger partial charge in [-0.2, -0.15) is 0 Å². The second-order valence-corrected chi connectivity index (χ2v) is 11.4. The number of rotatable bonds is 12. The van der Waals surface area contributed by atoms with Gasteiger partial charge >= 0.3 is 23.9 Å². The van der Waals surface area contributed by atoms with Gasteiger partial charge in [0.2, 0.25) is 6.29 Å². The lowest BCUT2D eigenvalue weighted by molar-refractivity contribution is -0.278. The predicted molar refractivity (Wildman–Crippen MR) is 153 cm³/mol. The fourth-order valence-electron chi connectivity index (χ4n) is 5.20. The van der Waals surface area contributed by atoms with Gasteiger partial charge in [-0.15, -0.1) is 0 Å². The maximum atomic E-state index is 12.2. The van der Waals surface area contributed by atoms with Crippen molar-refractivity contribution < 1.29 is 74.2 Å². The molecule has 0 saturated carbocycles. The molecule has 1 fully saturated rings. The first-order chi connectivity index (χ1) is 21.6. The highest BCUT2D eigenvalue weighted by Gasteiger charge is 2.46. The Morgan fingerprint density at radius 2 is 1.76 bits per heavy atom. The van der Waals surface area contributed by atoms with Crippen LogP contribution in [0.15, 0.2) is 41.1 Å². The van der Waals surface area contributed by atoms with Crippen molar-refractivity contribution in [3.63, 3.8) is 0 Å². The molecule has 1 aromatic carbocycles. The van der Waals surface area contributed by atoms with E-state index in [0.717, 1.165) is 6.92 Å². The first-order valence-corrected chi connectivity index (χ1v) is 14.0. The molecular formula is C29H34N2O15. The molecule has 3 aliphatic heterocycles. The number of carbonyl (C=O) groups is 4. The van der Waals surface area contributed by atoms with Crippen LogP contribution in [0.2, 0.25) is 0 Å². The Morgan fingerprint density at radius 3 is 2.41 bits per heavy atom. The highest BCUT2D eigenvalue weighted by atomic mass is 16.7. The van der Waals surface area contributed by atoms with E-state index in [0.29, 0.717) is 16.8 Å². The van der Waals surface area contributed by atoms with Crippen LogP contribution >= 0.6 is 0 Å². The lowest BCUT2D eigenvalue weighted by Gasteiger charge is -2.40. The van der Waals surface area contributed by atoms with Crippen LogP contribution in [0.1, 0.15) is 31.7 Å². The van der Waals surface area contributed by atoms with Crippen LogP contribution in [0, 0.1) is 0 Å². The zero-order chi connectivity index (χ0) is 33.9. The number of aromatic hydroxyl groups is 1. The van der Waals surface area contributed by atoms with Crippen LogP contribution in [-0.4, -0.2) is 126 Å². The standard InChI is InChI=1S/C29H34N2O15/c1-29(43,10-21(33)34)11-22(35)44-12-20-23(36)24(37)25(38)28(46-20)45-19-8-14-7-17(27(41)42)31(16(14)9-18(19)32)5-3-13-2-4-30-15(6-13)26(39)40/h2-5,8-9,15,17,20,23-25,28,32,36-38,43H,6-7,10-12H2,1H3,(H,33,34)(H,39,40)(H,41,42)/b5-3+/t15-,17-,20+,23+,24-,25+,28+,29?/m0/s1. The third kappa shape index (κ3) is 7.99. The molecule has 8 N–H and O–H groups in total. The molecule has 1 saturated heterocycles.